The average molecular weight is 401 g/mol. The van der Waals surface area contributed by atoms with Crippen LogP contribution >= 0.6 is 11.6 Å². The van der Waals surface area contributed by atoms with Crippen LogP contribution in [-0.4, -0.2) is 19.6 Å². The third kappa shape index (κ3) is 6.17. The lowest BCUT2D eigenvalue weighted by atomic mass is 10.0. The number of benzene rings is 2. The summed E-state index contributed by atoms with van der Waals surface area (Å²) in [5, 5.41) is 12.9. The number of halogens is 1. The number of nitrogens with zero attached hydrogens (tertiary/aromatic N) is 1. The molecule has 0 aliphatic heterocycles. The summed E-state index contributed by atoms with van der Waals surface area (Å²) in [5.41, 5.74) is 2.84. The van der Waals surface area contributed by atoms with Crippen molar-refractivity contribution in [2.45, 2.75) is 33.2 Å². The number of carbonyl (C=O) groups excluding carboxylic acids is 1. The maximum Gasteiger partial charge on any atom is 0.237 e. The summed E-state index contributed by atoms with van der Waals surface area (Å²) in [4.78, 5) is 12.3. The van der Waals surface area contributed by atoms with Crippen molar-refractivity contribution in [3.63, 3.8) is 0 Å². The number of hydrogen-bond acceptors (Lipinski definition) is 4. The monoisotopic (exact) mass is 400 g/mol. The van der Waals surface area contributed by atoms with Crippen LogP contribution in [0.1, 0.15) is 29.5 Å². The zero-order chi connectivity index (χ0) is 20.5. The van der Waals surface area contributed by atoms with Crippen molar-refractivity contribution in [1.29, 1.82) is 5.26 Å². The van der Waals surface area contributed by atoms with E-state index in [1.54, 1.807) is 7.11 Å². The van der Waals surface area contributed by atoms with Gasteiger partial charge in [0.1, 0.15) is 17.4 Å². The van der Waals surface area contributed by atoms with E-state index >= 15 is 0 Å². The molecular weight excluding hydrogens is 376 g/mol. The van der Waals surface area contributed by atoms with Crippen LogP contribution in [-0.2, 0) is 11.3 Å². The first kappa shape index (κ1) is 21.6. The van der Waals surface area contributed by atoms with Crippen molar-refractivity contribution in [1.82, 2.24) is 5.32 Å². The molecule has 0 radical (unpaired) electrons. The van der Waals surface area contributed by atoms with E-state index < -0.39 is 5.92 Å². The predicted octanol–water partition coefficient (Wildman–Crippen LogP) is 4.58. The van der Waals surface area contributed by atoms with Gasteiger partial charge in [0.25, 0.3) is 0 Å². The van der Waals surface area contributed by atoms with E-state index in [0.717, 1.165) is 33.2 Å². The second-order valence-electron chi connectivity index (χ2n) is 6.61. The fraction of sp³-hybridized carbons (Fsp3) is 0.364. The Bertz CT molecular complexity index is 838. The number of nitrogens with one attached hydrogen (secondary N) is 1. The van der Waals surface area contributed by atoms with Gasteiger partial charge in [0.05, 0.1) is 19.8 Å². The minimum atomic E-state index is -0.706. The van der Waals surface area contributed by atoms with Crippen LogP contribution in [0.2, 0.25) is 5.02 Å². The highest BCUT2D eigenvalue weighted by Crippen LogP contribution is 2.26. The first-order chi connectivity index (χ1) is 13.4. The van der Waals surface area contributed by atoms with Gasteiger partial charge in [-0.15, -0.1) is 0 Å². The molecule has 0 saturated carbocycles. The topological polar surface area (TPSA) is 71.3 Å². The highest BCUT2D eigenvalue weighted by Gasteiger charge is 2.17. The molecule has 0 spiro atoms. The Balaban J connectivity index is 1.78. The van der Waals surface area contributed by atoms with Gasteiger partial charge in [-0.25, -0.2) is 0 Å². The minimum Gasteiger partial charge on any atom is -0.497 e. The van der Waals surface area contributed by atoms with Gasteiger partial charge in [0.2, 0.25) is 5.91 Å². The van der Waals surface area contributed by atoms with E-state index in [1.165, 1.54) is 0 Å². The maximum atomic E-state index is 12.3. The van der Waals surface area contributed by atoms with Gasteiger partial charge < -0.3 is 14.8 Å². The molecule has 0 heterocycles. The van der Waals surface area contributed by atoms with Crippen molar-refractivity contribution in [2.75, 3.05) is 13.7 Å². The van der Waals surface area contributed by atoms with Crippen LogP contribution in [0.15, 0.2) is 36.4 Å². The number of hydrogen-bond donors (Lipinski definition) is 1. The van der Waals surface area contributed by atoms with Gasteiger partial charge in [-0.2, -0.15) is 5.26 Å². The predicted molar refractivity (Wildman–Crippen MR) is 110 cm³/mol. The standard InChI is InChI=1S/C22H25ClN2O3/c1-15-10-20(11-16(2)21(15)23)28-9-5-7-18(13-24)22(26)25-14-17-6-4-8-19(12-17)27-3/h4,6,8,10-12,18H,5,7,9,14H2,1-3H3,(H,25,26). The number of carbonyl (C=O) groups is 1. The highest BCUT2D eigenvalue weighted by molar-refractivity contribution is 6.32. The highest BCUT2D eigenvalue weighted by atomic mass is 35.5. The molecule has 0 aromatic heterocycles. The number of aryl methyl sites for hydroxylation is 2. The van der Waals surface area contributed by atoms with E-state index in [9.17, 15) is 10.1 Å². The summed E-state index contributed by atoms with van der Waals surface area (Å²) in [5.74, 6) is 0.496. The fourth-order valence-electron chi connectivity index (χ4n) is 2.82. The van der Waals surface area contributed by atoms with E-state index in [2.05, 4.69) is 11.4 Å². The molecule has 0 bridgehead atoms. The molecule has 0 fully saturated rings. The fourth-order valence-corrected chi connectivity index (χ4v) is 2.93. The Labute approximate surface area is 171 Å². The molecule has 148 valence electrons. The Morgan fingerprint density at radius 3 is 2.57 bits per heavy atom. The maximum absolute atomic E-state index is 12.3. The van der Waals surface area contributed by atoms with Crippen LogP contribution in [0.3, 0.4) is 0 Å². The first-order valence-corrected chi connectivity index (χ1v) is 9.52. The van der Waals surface area contributed by atoms with Crippen molar-refractivity contribution >= 4 is 17.5 Å². The SMILES string of the molecule is COc1cccc(CNC(=O)C(C#N)CCCOc2cc(C)c(Cl)c(C)c2)c1. The lowest BCUT2D eigenvalue weighted by Crippen LogP contribution is -2.29. The molecule has 0 aliphatic rings. The Morgan fingerprint density at radius 1 is 1.21 bits per heavy atom. The number of ether oxygens (including phenoxy) is 2. The second-order valence-corrected chi connectivity index (χ2v) is 6.99. The van der Waals surface area contributed by atoms with Crippen LogP contribution in [0.4, 0.5) is 0 Å². The summed E-state index contributed by atoms with van der Waals surface area (Å²) in [6.45, 7) is 4.65. The Hall–Kier alpha value is -2.71. The number of amides is 1. The van der Waals surface area contributed by atoms with E-state index in [1.807, 2.05) is 50.2 Å². The normalized spacial score (nSPS) is 11.4. The van der Waals surface area contributed by atoms with Crippen LogP contribution in [0.5, 0.6) is 11.5 Å². The molecular formula is C22H25ClN2O3. The lowest BCUT2D eigenvalue weighted by Gasteiger charge is -2.12. The van der Waals surface area contributed by atoms with Crippen LogP contribution < -0.4 is 14.8 Å². The summed E-state index contributed by atoms with van der Waals surface area (Å²) >= 11 is 6.15. The van der Waals surface area contributed by atoms with Gasteiger partial charge in [-0.05, 0) is 67.6 Å². The Kier molecular flexibility index (Phi) is 8.16. The van der Waals surface area contributed by atoms with Gasteiger partial charge in [-0.1, -0.05) is 23.7 Å². The van der Waals surface area contributed by atoms with E-state index in [0.29, 0.717) is 26.0 Å². The molecule has 28 heavy (non-hydrogen) atoms. The molecule has 0 aliphatic carbocycles. The van der Waals surface area contributed by atoms with Gasteiger partial charge in [0, 0.05) is 11.6 Å². The van der Waals surface area contributed by atoms with Gasteiger partial charge in [-0.3, -0.25) is 4.79 Å². The largest absolute Gasteiger partial charge is 0.497 e. The zero-order valence-corrected chi connectivity index (χ0v) is 17.2. The molecule has 2 aromatic carbocycles. The molecule has 1 atom stereocenters. The first-order valence-electron chi connectivity index (χ1n) is 9.14. The molecule has 2 rings (SSSR count). The number of methoxy groups -OCH3 is 1. The van der Waals surface area contributed by atoms with Crippen LogP contribution in [0.25, 0.3) is 0 Å². The lowest BCUT2D eigenvalue weighted by molar-refractivity contribution is -0.123. The average Bonchev–Trinajstić information content (AvgIpc) is 2.70. The van der Waals surface area contributed by atoms with Crippen molar-refractivity contribution in [3.8, 4) is 17.6 Å². The third-order valence-corrected chi connectivity index (χ3v) is 4.99. The third-order valence-electron chi connectivity index (χ3n) is 4.39. The van der Waals surface area contributed by atoms with Gasteiger partial charge >= 0.3 is 0 Å². The summed E-state index contributed by atoms with van der Waals surface area (Å²) in [7, 11) is 1.60. The second kappa shape index (κ2) is 10.6. The van der Waals surface area contributed by atoms with Crippen LogP contribution in [0, 0.1) is 31.1 Å². The molecule has 6 heteroatoms. The molecule has 1 N–H and O–H groups in total. The summed E-state index contributed by atoms with van der Waals surface area (Å²) in [6.07, 6.45) is 1.04. The van der Waals surface area contributed by atoms with Crippen molar-refractivity contribution < 1.29 is 14.3 Å². The summed E-state index contributed by atoms with van der Waals surface area (Å²) in [6, 6.07) is 13.3. The quantitative estimate of drug-likeness (QED) is 0.625. The zero-order valence-electron chi connectivity index (χ0n) is 16.4. The molecule has 1 amide bonds. The number of rotatable bonds is 9. The Morgan fingerprint density at radius 2 is 1.93 bits per heavy atom. The molecule has 0 saturated heterocycles. The molecule has 5 nitrogen and oxygen atoms in total. The smallest absolute Gasteiger partial charge is 0.237 e. The van der Waals surface area contributed by atoms with E-state index in [4.69, 9.17) is 21.1 Å². The van der Waals surface area contributed by atoms with Gasteiger partial charge in [0.15, 0.2) is 0 Å². The van der Waals surface area contributed by atoms with Crippen molar-refractivity contribution in [3.05, 3.63) is 58.1 Å². The minimum absolute atomic E-state index is 0.275. The summed E-state index contributed by atoms with van der Waals surface area (Å²) < 4.78 is 10.9. The number of nitriles is 1. The molecule has 2 aromatic rings. The molecule has 1 unspecified atom stereocenters. The van der Waals surface area contributed by atoms with Crippen molar-refractivity contribution in [2.24, 2.45) is 5.92 Å². The van der Waals surface area contributed by atoms with E-state index in [-0.39, 0.29) is 5.91 Å².